The maximum atomic E-state index is 9.22. The summed E-state index contributed by atoms with van der Waals surface area (Å²) < 4.78 is 0. The lowest BCUT2D eigenvalue weighted by atomic mass is 11.0. The number of hydrogen-bond donors (Lipinski definition) is 13. The molecule has 0 aromatic carbocycles. The topological polar surface area (TPSA) is 516 Å². The predicted molar refractivity (Wildman–Crippen MR) is 77.4 cm³/mol. The molecule has 0 aliphatic carbocycles. The van der Waals surface area contributed by atoms with Gasteiger partial charge in [0.2, 0.25) is 0 Å². The molecule has 0 fully saturated rings. The Bertz CT molecular complexity index is 252. The van der Waals surface area contributed by atoms with E-state index >= 15 is 0 Å². The monoisotopic (exact) mass is 406 g/mol. The molecule has 168 valence electrons. The highest BCUT2D eigenvalue weighted by molar-refractivity contribution is 5.69. The van der Waals surface area contributed by atoms with Gasteiger partial charge in [0.1, 0.15) is 0 Å². The van der Waals surface area contributed by atoms with Crippen LogP contribution in [-0.4, -0.2) is 67.2 Å². The molecule has 0 aliphatic rings. The molecule has 0 heterocycles. The van der Waals surface area contributed by atoms with Crippen LogP contribution >= 0.6 is 0 Å². The van der Waals surface area contributed by atoms with E-state index in [2.05, 4.69) is 40.1 Å². The molecule has 0 saturated carbocycles. The summed E-state index contributed by atoms with van der Waals surface area (Å²) in [6.45, 7) is 0. The molecule has 21 nitrogen and oxygen atoms in total. The number of aliphatic hydroxyl groups is 3. The van der Waals surface area contributed by atoms with Gasteiger partial charge in [0.05, 0.1) is 6.03 Å². The van der Waals surface area contributed by atoms with E-state index in [1.54, 1.807) is 0 Å². The number of hydrogen-bond acceptors (Lipinski definition) is 16. The lowest BCUT2D eigenvalue weighted by molar-refractivity contribution is -0.544. The molecule has 26 heavy (non-hydrogen) atoms. The van der Waals surface area contributed by atoms with Crippen LogP contribution in [0.5, 0.6) is 0 Å². The Kier molecular flexibility index (Phi) is 95.9. The molecule has 0 aliphatic heterocycles. The van der Waals surface area contributed by atoms with Gasteiger partial charge in [0.15, 0.2) is 0 Å². The number of amides is 3. The van der Waals surface area contributed by atoms with Gasteiger partial charge in [0.25, 0.3) is 6.03 Å². The Labute approximate surface area is 145 Å². The normalized spacial score (nSPS) is 6.77. The minimum absolute atomic E-state index is 0. The van der Waals surface area contributed by atoms with Crippen molar-refractivity contribution in [3.8, 4) is 0 Å². The standard InChI is InChI=1S/CH6N2O2.CH5N2O2.CH4N2O.CH3NO2.CO2.2H3N.3H2O/c2*2-1(3,4)5;2*2-1(3)4;2-1-3;;;;;/h4-5H,2-3H2;4H,2-3H2;(H4,2,3,4);2H2,(H,3,4);;2*1H3;3*1H2/q;-1;;;;;;;;/p-2. The van der Waals surface area contributed by atoms with Crippen LogP contribution in [-0.2, 0) is 9.59 Å². The zero-order valence-electron chi connectivity index (χ0n) is 13.2. The van der Waals surface area contributed by atoms with Gasteiger partial charge in [-0.25, -0.2) is 9.59 Å². The second-order valence-corrected chi connectivity index (χ2v) is 2.36. The third kappa shape index (κ3) is 1320. The summed E-state index contributed by atoms with van der Waals surface area (Å²) in [6, 6.07) is -6.08. The highest BCUT2D eigenvalue weighted by Gasteiger charge is 2.01. The third-order valence-electron chi connectivity index (χ3n) is 0. The maximum Gasteiger partial charge on any atom is 0.402 e. The van der Waals surface area contributed by atoms with Crippen LogP contribution in [0.15, 0.2) is 0 Å². The van der Waals surface area contributed by atoms with Crippen LogP contribution in [0.2, 0.25) is 0 Å². The van der Waals surface area contributed by atoms with Crippen LogP contribution in [0.25, 0.3) is 0 Å². The van der Waals surface area contributed by atoms with Gasteiger partial charge in [-0.05, 0) is 0 Å². The minimum Gasteiger partial charge on any atom is -0.870 e. The summed E-state index contributed by atoms with van der Waals surface area (Å²) in [7, 11) is 0. The van der Waals surface area contributed by atoms with E-state index < -0.39 is 24.2 Å². The Morgan fingerprint density at radius 1 is 0.846 bits per heavy atom. The first-order valence-electron chi connectivity index (χ1n) is 3.94. The summed E-state index contributed by atoms with van der Waals surface area (Å²) in [5, 5.41) is 39.2. The van der Waals surface area contributed by atoms with Gasteiger partial charge in [-0.2, -0.15) is 9.59 Å². The first-order chi connectivity index (χ1) is 8.88. The fourth-order valence-corrected chi connectivity index (χ4v) is 0. The number of nitrogens with two attached hydrogens (primary N) is 7. The summed E-state index contributed by atoms with van der Waals surface area (Å²) >= 11 is 0. The van der Waals surface area contributed by atoms with Crippen molar-refractivity contribution in [1.29, 1.82) is 0 Å². The fourth-order valence-electron chi connectivity index (χ4n) is 0. The molecular weight excluding hydrogens is 378 g/mol. The molecule has 21 heteroatoms. The SMILES string of the molecule is N.N.NC(=O)O.NC(N)(O)O.NC(N)([O-])O.NC(N)=O.O.O=C=O.[OH-].[OH-]. The van der Waals surface area contributed by atoms with E-state index in [0.29, 0.717) is 0 Å². The number of rotatable bonds is 0. The summed E-state index contributed by atoms with van der Waals surface area (Å²) in [5.74, 6) is 0. The van der Waals surface area contributed by atoms with Gasteiger partial charge in [-0.1, -0.05) is 0 Å². The van der Waals surface area contributed by atoms with Crippen molar-refractivity contribution in [3.05, 3.63) is 0 Å². The molecule has 0 spiro atoms. The van der Waals surface area contributed by atoms with Crippen molar-refractivity contribution in [3.63, 3.8) is 0 Å². The van der Waals surface area contributed by atoms with Crippen LogP contribution < -0.4 is 57.5 Å². The van der Waals surface area contributed by atoms with Crippen LogP contribution in [0.4, 0.5) is 9.59 Å². The van der Waals surface area contributed by atoms with Crippen molar-refractivity contribution in [2.75, 3.05) is 0 Å². The second-order valence-electron chi connectivity index (χ2n) is 2.36. The molecular formula is C5H28N9O12-3. The smallest absolute Gasteiger partial charge is 0.402 e. The van der Waals surface area contributed by atoms with Crippen molar-refractivity contribution in [2.45, 2.75) is 12.1 Å². The van der Waals surface area contributed by atoms with E-state index in [9.17, 15) is 5.11 Å². The lowest BCUT2D eigenvalue weighted by Gasteiger charge is -2.21. The third-order valence-corrected chi connectivity index (χ3v) is 0. The van der Waals surface area contributed by atoms with E-state index in [1.807, 2.05) is 0 Å². The van der Waals surface area contributed by atoms with Gasteiger partial charge >= 0.3 is 18.3 Å². The first-order valence-corrected chi connectivity index (χ1v) is 3.94. The highest BCUT2D eigenvalue weighted by Crippen LogP contribution is 1.61. The molecule has 0 aromatic heterocycles. The number of urea groups is 1. The summed E-state index contributed by atoms with van der Waals surface area (Å²) in [4.78, 5) is 34.0. The van der Waals surface area contributed by atoms with Gasteiger partial charge in [0, 0.05) is 0 Å². The quantitative estimate of drug-likeness (QED) is 0.166. The predicted octanol–water partition coefficient (Wildman–Crippen LogP) is -8.42. The average molecular weight is 406 g/mol. The molecule has 0 rings (SSSR count). The largest absolute Gasteiger partial charge is 0.870 e. The molecule has 0 atom stereocenters. The highest BCUT2D eigenvalue weighted by atomic mass is 16.5. The van der Waals surface area contributed by atoms with E-state index in [-0.39, 0.29) is 34.9 Å². The molecule has 0 saturated heterocycles. The van der Waals surface area contributed by atoms with Crippen molar-refractivity contribution >= 4 is 18.3 Å². The molecule has 0 unspecified atom stereocenters. The van der Waals surface area contributed by atoms with Crippen LogP contribution in [0, 0.1) is 0 Å². The molecule has 0 bridgehead atoms. The van der Waals surface area contributed by atoms with Crippen molar-refractivity contribution in [1.82, 2.24) is 12.3 Å². The van der Waals surface area contributed by atoms with Gasteiger partial charge in [-0.3, -0.25) is 11.5 Å². The molecule has 3 amide bonds. The summed E-state index contributed by atoms with van der Waals surface area (Å²) in [6.07, 6.45) is -1.08. The van der Waals surface area contributed by atoms with Gasteiger partial charge in [-0.15, -0.1) is 0 Å². The molecule has 28 N–H and O–H groups in total. The van der Waals surface area contributed by atoms with Crippen molar-refractivity contribution in [2.24, 2.45) is 40.1 Å². The number of carbonyl (C=O) groups is 2. The fraction of sp³-hybridized carbons (Fsp3) is 0.400. The molecule has 0 aromatic rings. The van der Waals surface area contributed by atoms with Gasteiger partial charge < -0.3 is 82.9 Å². The number of carboxylic acid groups (broad SMARTS) is 1. The molecule has 0 radical (unpaired) electrons. The van der Waals surface area contributed by atoms with E-state index in [0.717, 1.165) is 0 Å². The Balaban J connectivity index is -0.0000000148. The van der Waals surface area contributed by atoms with Crippen LogP contribution in [0.3, 0.4) is 0 Å². The summed E-state index contributed by atoms with van der Waals surface area (Å²) in [5.41, 5.74) is 29.3. The van der Waals surface area contributed by atoms with Crippen LogP contribution in [0.1, 0.15) is 0 Å². The second kappa shape index (κ2) is 38.1. The Morgan fingerprint density at radius 3 is 0.846 bits per heavy atom. The zero-order chi connectivity index (χ0) is 18.9. The number of carbonyl (C=O) groups excluding carboxylic acids is 3. The number of primary amides is 3. The average Bonchev–Trinajstić information content (AvgIpc) is 1.92. The van der Waals surface area contributed by atoms with Crippen molar-refractivity contribution < 1.29 is 61.1 Å². The van der Waals surface area contributed by atoms with E-state index in [1.165, 1.54) is 0 Å². The first kappa shape index (κ1) is 65.4. The maximum absolute atomic E-state index is 9.22. The van der Waals surface area contributed by atoms with E-state index in [4.69, 9.17) is 39.6 Å². The minimum atomic E-state index is -2.75. The lowest BCUT2D eigenvalue weighted by Crippen LogP contribution is -2.60. The Hall–Kier alpha value is -2.60. The zero-order valence-corrected chi connectivity index (χ0v) is 13.2. The Morgan fingerprint density at radius 2 is 0.846 bits per heavy atom.